The van der Waals surface area contributed by atoms with Crippen molar-refractivity contribution in [2.45, 2.75) is 19.1 Å². The lowest BCUT2D eigenvalue weighted by molar-refractivity contribution is -0.126. The summed E-state index contributed by atoms with van der Waals surface area (Å²) in [5.41, 5.74) is 0.965. The van der Waals surface area contributed by atoms with Crippen LogP contribution in [0.3, 0.4) is 0 Å². The summed E-state index contributed by atoms with van der Waals surface area (Å²) in [5, 5.41) is 0.679. The zero-order valence-electron chi connectivity index (χ0n) is 8.82. The molecule has 1 aromatic rings. The third-order valence-electron chi connectivity index (χ3n) is 2.40. The molecular weight excluding hydrogens is 228 g/mol. The van der Waals surface area contributed by atoms with Crippen LogP contribution in [-0.4, -0.2) is 25.3 Å². The van der Waals surface area contributed by atoms with E-state index in [-0.39, 0.29) is 12.1 Å². The molecule has 1 heterocycles. The minimum absolute atomic E-state index is 0.120. The van der Waals surface area contributed by atoms with E-state index in [0.29, 0.717) is 31.1 Å². The summed E-state index contributed by atoms with van der Waals surface area (Å²) in [5.74, 6) is 0.120. The molecule has 0 bridgehead atoms. The summed E-state index contributed by atoms with van der Waals surface area (Å²) in [6.45, 7) is 1.16. The SMILES string of the molecule is O=C(Cc1ccc(Cl)cc1)CC1OCCO1. The molecule has 4 heteroatoms. The summed E-state index contributed by atoms with van der Waals surface area (Å²) < 4.78 is 10.4. The van der Waals surface area contributed by atoms with Crippen molar-refractivity contribution >= 4 is 17.4 Å². The highest BCUT2D eigenvalue weighted by Gasteiger charge is 2.19. The van der Waals surface area contributed by atoms with Gasteiger partial charge in [-0.05, 0) is 17.7 Å². The van der Waals surface area contributed by atoms with Crippen molar-refractivity contribution in [1.29, 1.82) is 0 Å². The summed E-state index contributed by atoms with van der Waals surface area (Å²) in [6.07, 6.45) is 0.378. The Kier molecular flexibility index (Phi) is 3.93. The van der Waals surface area contributed by atoms with Crippen LogP contribution in [0.5, 0.6) is 0 Å². The van der Waals surface area contributed by atoms with Crippen molar-refractivity contribution in [1.82, 2.24) is 0 Å². The van der Waals surface area contributed by atoms with E-state index in [1.54, 1.807) is 12.1 Å². The molecule has 0 aromatic heterocycles. The molecule has 3 nitrogen and oxygen atoms in total. The highest BCUT2D eigenvalue weighted by Crippen LogP contribution is 2.13. The molecule has 0 amide bonds. The van der Waals surface area contributed by atoms with Crippen LogP contribution in [0.15, 0.2) is 24.3 Å². The maximum Gasteiger partial charge on any atom is 0.164 e. The molecule has 0 saturated carbocycles. The van der Waals surface area contributed by atoms with Gasteiger partial charge in [-0.3, -0.25) is 4.79 Å². The monoisotopic (exact) mass is 240 g/mol. The Morgan fingerprint density at radius 1 is 1.25 bits per heavy atom. The fourth-order valence-electron chi connectivity index (χ4n) is 1.61. The molecule has 1 saturated heterocycles. The van der Waals surface area contributed by atoms with Crippen molar-refractivity contribution in [3.05, 3.63) is 34.9 Å². The number of ketones is 1. The fraction of sp³-hybridized carbons (Fsp3) is 0.417. The van der Waals surface area contributed by atoms with Gasteiger partial charge < -0.3 is 9.47 Å². The smallest absolute Gasteiger partial charge is 0.164 e. The third kappa shape index (κ3) is 3.30. The van der Waals surface area contributed by atoms with Gasteiger partial charge in [-0.1, -0.05) is 23.7 Å². The molecule has 0 radical (unpaired) electrons. The minimum atomic E-state index is -0.347. The number of carbonyl (C=O) groups excluding carboxylic acids is 1. The highest BCUT2D eigenvalue weighted by atomic mass is 35.5. The number of hydrogen-bond donors (Lipinski definition) is 0. The number of ether oxygens (including phenoxy) is 2. The topological polar surface area (TPSA) is 35.5 Å². The van der Waals surface area contributed by atoms with Gasteiger partial charge in [0.15, 0.2) is 6.29 Å². The van der Waals surface area contributed by atoms with Crippen molar-refractivity contribution in [2.75, 3.05) is 13.2 Å². The van der Waals surface area contributed by atoms with Gasteiger partial charge in [-0.2, -0.15) is 0 Å². The van der Waals surface area contributed by atoms with Gasteiger partial charge in [0.25, 0.3) is 0 Å². The Hall–Kier alpha value is -0.900. The standard InChI is InChI=1S/C12H13ClO3/c13-10-3-1-9(2-4-10)7-11(14)8-12-15-5-6-16-12/h1-4,12H,5-8H2. The quantitative estimate of drug-likeness (QED) is 0.810. The molecule has 16 heavy (non-hydrogen) atoms. The first-order valence-corrected chi connectivity index (χ1v) is 5.61. The third-order valence-corrected chi connectivity index (χ3v) is 2.65. The second-order valence-electron chi connectivity index (χ2n) is 3.72. The first kappa shape index (κ1) is 11.6. The van der Waals surface area contributed by atoms with Gasteiger partial charge >= 0.3 is 0 Å². The molecule has 1 aliphatic rings. The molecule has 1 aliphatic heterocycles. The zero-order chi connectivity index (χ0) is 11.4. The van der Waals surface area contributed by atoms with Crippen molar-refractivity contribution < 1.29 is 14.3 Å². The van der Waals surface area contributed by atoms with Gasteiger partial charge in [0, 0.05) is 11.4 Å². The summed E-state index contributed by atoms with van der Waals surface area (Å²) in [7, 11) is 0. The number of hydrogen-bond acceptors (Lipinski definition) is 3. The van der Waals surface area contributed by atoms with Crippen LogP contribution in [-0.2, 0) is 20.7 Å². The Bertz CT molecular complexity index is 355. The molecule has 1 aromatic carbocycles. The van der Waals surface area contributed by atoms with E-state index < -0.39 is 0 Å². The molecule has 86 valence electrons. The van der Waals surface area contributed by atoms with Crippen LogP contribution in [0.25, 0.3) is 0 Å². The van der Waals surface area contributed by atoms with Crippen LogP contribution in [0.2, 0.25) is 5.02 Å². The number of rotatable bonds is 4. The molecular formula is C12H13ClO3. The molecule has 2 rings (SSSR count). The second-order valence-corrected chi connectivity index (χ2v) is 4.15. The maximum atomic E-state index is 11.7. The lowest BCUT2D eigenvalue weighted by Gasteiger charge is -2.07. The fourth-order valence-corrected chi connectivity index (χ4v) is 1.74. The first-order chi connectivity index (χ1) is 7.74. The van der Waals surface area contributed by atoms with E-state index in [4.69, 9.17) is 21.1 Å². The second kappa shape index (κ2) is 5.43. The number of Topliss-reactive ketones (excluding diaryl/α,β-unsaturated/α-hetero) is 1. The Labute approximate surface area is 99.3 Å². The largest absolute Gasteiger partial charge is 0.350 e. The average Bonchev–Trinajstić information content (AvgIpc) is 2.74. The maximum absolute atomic E-state index is 11.7. The molecule has 0 spiro atoms. The molecule has 0 unspecified atom stereocenters. The van der Waals surface area contributed by atoms with Crippen LogP contribution in [0.1, 0.15) is 12.0 Å². The van der Waals surface area contributed by atoms with Crippen LogP contribution in [0.4, 0.5) is 0 Å². The van der Waals surface area contributed by atoms with Crippen molar-refractivity contribution in [3.8, 4) is 0 Å². The molecule has 0 N–H and O–H groups in total. The van der Waals surface area contributed by atoms with E-state index >= 15 is 0 Å². The molecule has 1 fully saturated rings. The van der Waals surface area contributed by atoms with Crippen molar-refractivity contribution in [3.63, 3.8) is 0 Å². The highest BCUT2D eigenvalue weighted by molar-refractivity contribution is 6.30. The Morgan fingerprint density at radius 2 is 1.88 bits per heavy atom. The number of halogens is 1. The van der Waals surface area contributed by atoms with Gasteiger partial charge in [0.2, 0.25) is 0 Å². The van der Waals surface area contributed by atoms with Crippen LogP contribution < -0.4 is 0 Å². The predicted molar refractivity (Wildman–Crippen MR) is 60.5 cm³/mol. The van der Waals surface area contributed by atoms with Crippen LogP contribution >= 0.6 is 11.6 Å². The van der Waals surface area contributed by atoms with Crippen molar-refractivity contribution in [2.24, 2.45) is 0 Å². The Morgan fingerprint density at radius 3 is 2.50 bits per heavy atom. The van der Waals surface area contributed by atoms with Gasteiger partial charge in [-0.25, -0.2) is 0 Å². The van der Waals surface area contributed by atoms with Crippen LogP contribution in [0, 0.1) is 0 Å². The zero-order valence-corrected chi connectivity index (χ0v) is 9.57. The molecule has 0 atom stereocenters. The van der Waals surface area contributed by atoms with E-state index in [9.17, 15) is 4.79 Å². The van der Waals surface area contributed by atoms with E-state index in [2.05, 4.69) is 0 Å². The first-order valence-electron chi connectivity index (χ1n) is 5.23. The number of carbonyl (C=O) groups is 1. The Balaban J connectivity index is 1.84. The summed E-state index contributed by atoms with van der Waals surface area (Å²) in [4.78, 5) is 11.7. The summed E-state index contributed by atoms with van der Waals surface area (Å²) in [6, 6.07) is 7.28. The van der Waals surface area contributed by atoms with Gasteiger partial charge in [0.1, 0.15) is 5.78 Å². The number of benzene rings is 1. The molecule has 0 aliphatic carbocycles. The van der Waals surface area contributed by atoms with E-state index in [0.717, 1.165) is 5.56 Å². The van der Waals surface area contributed by atoms with Gasteiger partial charge in [0.05, 0.1) is 19.6 Å². The minimum Gasteiger partial charge on any atom is -0.350 e. The summed E-state index contributed by atoms with van der Waals surface area (Å²) >= 11 is 5.76. The predicted octanol–water partition coefficient (Wildman–Crippen LogP) is 2.21. The van der Waals surface area contributed by atoms with Gasteiger partial charge in [-0.15, -0.1) is 0 Å². The lowest BCUT2D eigenvalue weighted by Crippen LogP contribution is -2.15. The van der Waals surface area contributed by atoms with E-state index in [1.165, 1.54) is 0 Å². The lowest BCUT2D eigenvalue weighted by atomic mass is 10.1. The van der Waals surface area contributed by atoms with E-state index in [1.807, 2.05) is 12.1 Å². The normalized spacial score (nSPS) is 16.6. The average molecular weight is 241 g/mol.